The summed E-state index contributed by atoms with van der Waals surface area (Å²) in [5.74, 6) is 0.206. The number of hydrogen-bond acceptors (Lipinski definition) is 5. The molecule has 1 heterocycles. The average molecular weight is 408 g/mol. The fraction of sp³-hybridized carbons (Fsp3) is 0.261. The predicted octanol–water partition coefficient (Wildman–Crippen LogP) is 3.38. The number of ether oxygens (including phenoxy) is 1. The predicted molar refractivity (Wildman–Crippen MR) is 115 cm³/mol. The lowest BCUT2D eigenvalue weighted by Crippen LogP contribution is -2.22. The van der Waals surface area contributed by atoms with Gasteiger partial charge in [0.1, 0.15) is 11.3 Å². The standard InChI is InChI=1S/C23H24N2O5/c1-14-18-9-8-17(29-4)13-20(18)30-23(28)19(14)10-11-21(26)24-16-7-5-6-15(12-16)22(27)25(2)3/h5-9,12-13H,10-11H2,1-4H3,(H,24,26). The minimum Gasteiger partial charge on any atom is -0.497 e. The van der Waals surface area contributed by atoms with Crippen molar-refractivity contribution in [2.45, 2.75) is 19.8 Å². The second-order valence-electron chi connectivity index (χ2n) is 7.18. The molecule has 0 aliphatic carbocycles. The molecular formula is C23H24N2O5. The van der Waals surface area contributed by atoms with Crippen molar-refractivity contribution in [3.05, 3.63) is 69.6 Å². The van der Waals surface area contributed by atoms with Crippen molar-refractivity contribution in [2.75, 3.05) is 26.5 Å². The Morgan fingerprint density at radius 1 is 1.13 bits per heavy atom. The molecule has 1 N–H and O–H groups in total. The van der Waals surface area contributed by atoms with E-state index in [1.807, 2.05) is 13.0 Å². The number of benzene rings is 2. The zero-order valence-electron chi connectivity index (χ0n) is 17.4. The van der Waals surface area contributed by atoms with Crippen LogP contribution in [-0.4, -0.2) is 37.9 Å². The molecule has 0 unspecified atom stereocenters. The Bertz CT molecular complexity index is 1160. The van der Waals surface area contributed by atoms with Crippen molar-refractivity contribution < 1.29 is 18.7 Å². The van der Waals surface area contributed by atoms with Crippen LogP contribution in [0.5, 0.6) is 5.75 Å². The van der Waals surface area contributed by atoms with E-state index in [-0.39, 0.29) is 24.7 Å². The smallest absolute Gasteiger partial charge is 0.339 e. The highest BCUT2D eigenvalue weighted by atomic mass is 16.5. The molecule has 7 nitrogen and oxygen atoms in total. The Morgan fingerprint density at radius 2 is 1.90 bits per heavy atom. The van der Waals surface area contributed by atoms with E-state index in [4.69, 9.17) is 9.15 Å². The molecule has 30 heavy (non-hydrogen) atoms. The van der Waals surface area contributed by atoms with E-state index in [2.05, 4.69) is 5.32 Å². The minimum atomic E-state index is -0.459. The highest BCUT2D eigenvalue weighted by Gasteiger charge is 2.14. The van der Waals surface area contributed by atoms with Crippen molar-refractivity contribution in [2.24, 2.45) is 0 Å². The first kappa shape index (κ1) is 21.1. The summed E-state index contributed by atoms with van der Waals surface area (Å²) in [7, 11) is 4.88. The second-order valence-corrected chi connectivity index (χ2v) is 7.18. The summed E-state index contributed by atoms with van der Waals surface area (Å²) in [5.41, 5.74) is 2.27. The first-order valence-corrected chi connectivity index (χ1v) is 9.52. The molecule has 1 aromatic heterocycles. The van der Waals surface area contributed by atoms with E-state index in [0.717, 1.165) is 10.9 Å². The molecule has 0 saturated heterocycles. The molecule has 156 valence electrons. The number of aryl methyl sites for hydroxylation is 1. The van der Waals surface area contributed by atoms with Crippen LogP contribution in [0, 0.1) is 6.92 Å². The summed E-state index contributed by atoms with van der Waals surface area (Å²) in [5, 5.41) is 3.58. The SMILES string of the molecule is COc1ccc2c(C)c(CCC(=O)Nc3cccc(C(=O)N(C)C)c3)c(=O)oc2c1. The maximum atomic E-state index is 12.4. The van der Waals surface area contributed by atoms with Gasteiger partial charge in [0.15, 0.2) is 0 Å². The number of carbonyl (C=O) groups is 2. The van der Waals surface area contributed by atoms with E-state index >= 15 is 0 Å². The summed E-state index contributed by atoms with van der Waals surface area (Å²) in [6, 6.07) is 12.1. The first-order valence-electron chi connectivity index (χ1n) is 9.52. The van der Waals surface area contributed by atoms with Crippen LogP contribution in [0.2, 0.25) is 0 Å². The molecule has 0 saturated carbocycles. The maximum Gasteiger partial charge on any atom is 0.339 e. The van der Waals surface area contributed by atoms with Gasteiger partial charge in [-0.3, -0.25) is 9.59 Å². The van der Waals surface area contributed by atoms with E-state index < -0.39 is 5.63 Å². The molecule has 0 aliphatic heterocycles. The number of nitrogens with one attached hydrogen (secondary N) is 1. The molecule has 2 aromatic carbocycles. The molecule has 0 spiro atoms. The van der Waals surface area contributed by atoms with Gasteiger partial charge in [0, 0.05) is 48.8 Å². The largest absolute Gasteiger partial charge is 0.497 e. The second kappa shape index (κ2) is 8.82. The normalized spacial score (nSPS) is 10.7. The van der Waals surface area contributed by atoms with Gasteiger partial charge in [-0.1, -0.05) is 6.07 Å². The summed E-state index contributed by atoms with van der Waals surface area (Å²) in [6.07, 6.45) is 0.359. The third kappa shape index (κ3) is 4.51. The minimum absolute atomic E-state index is 0.110. The fourth-order valence-corrected chi connectivity index (χ4v) is 3.24. The topological polar surface area (TPSA) is 88.9 Å². The number of hydrogen-bond donors (Lipinski definition) is 1. The number of amides is 2. The van der Waals surface area contributed by atoms with E-state index in [0.29, 0.717) is 28.1 Å². The lowest BCUT2D eigenvalue weighted by atomic mass is 10.0. The Morgan fingerprint density at radius 3 is 2.60 bits per heavy atom. The van der Waals surface area contributed by atoms with Crippen LogP contribution >= 0.6 is 0 Å². The molecular weight excluding hydrogens is 384 g/mol. The van der Waals surface area contributed by atoms with Gasteiger partial charge in [-0.2, -0.15) is 0 Å². The zero-order valence-corrected chi connectivity index (χ0v) is 17.4. The van der Waals surface area contributed by atoms with Gasteiger partial charge in [0.25, 0.3) is 5.91 Å². The van der Waals surface area contributed by atoms with Gasteiger partial charge >= 0.3 is 5.63 Å². The molecule has 3 aromatic rings. The first-order chi connectivity index (χ1) is 14.3. The van der Waals surface area contributed by atoms with Crippen molar-refractivity contribution in [1.29, 1.82) is 0 Å². The Kier molecular flexibility index (Phi) is 6.20. The average Bonchev–Trinajstić information content (AvgIpc) is 2.72. The van der Waals surface area contributed by atoms with Crippen molar-refractivity contribution in [1.82, 2.24) is 4.90 Å². The molecule has 0 radical (unpaired) electrons. The Balaban J connectivity index is 1.73. The number of methoxy groups -OCH3 is 1. The van der Waals surface area contributed by atoms with E-state index in [9.17, 15) is 14.4 Å². The Hall–Kier alpha value is -3.61. The highest BCUT2D eigenvalue weighted by molar-refractivity contribution is 5.97. The number of carbonyl (C=O) groups excluding carboxylic acids is 2. The summed E-state index contributed by atoms with van der Waals surface area (Å²) < 4.78 is 10.6. The van der Waals surface area contributed by atoms with Crippen molar-refractivity contribution >= 4 is 28.5 Å². The lowest BCUT2D eigenvalue weighted by Gasteiger charge is -2.12. The van der Waals surface area contributed by atoms with Crippen LogP contribution in [0.3, 0.4) is 0 Å². The van der Waals surface area contributed by atoms with Gasteiger partial charge in [0.05, 0.1) is 7.11 Å². The van der Waals surface area contributed by atoms with Crippen LogP contribution < -0.4 is 15.7 Å². The molecule has 0 fully saturated rings. The van der Waals surface area contributed by atoms with Crippen LogP contribution in [-0.2, 0) is 11.2 Å². The van der Waals surface area contributed by atoms with Gasteiger partial charge in [-0.15, -0.1) is 0 Å². The maximum absolute atomic E-state index is 12.4. The van der Waals surface area contributed by atoms with Crippen LogP contribution in [0.1, 0.15) is 27.9 Å². The number of nitrogens with zero attached hydrogens (tertiary/aromatic N) is 1. The van der Waals surface area contributed by atoms with Crippen molar-refractivity contribution in [3.8, 4) is 5.75 Å². The van der Waals surface area contributed by atoms with Crippen molar-refractivity contribution in [3.63, 3.8) is 0 Å². The molecule has 7 heteroatoms. The fourth-order valence-electron chi connectivity index (χ4n) is 3.24. The lowest BCUT2D eigenvalue weighted by molar-refractivity contribution is -0.116. The quantitative estimate of drug-likeness (QED) is 0.632. The molecule has 2 amide bonds. The third-order valence-electron chi connectivity index (χ3n) is 4.90. The molecule has 0 atom stereocenters. The summed E-state index contributed by atoms with van der Waals surface area (Å²) in [4.78, 5) is 38.4. The monoisotopic (exact) mass is 408 g/mol. The molecule has 0 bridgehead atoms. The third-order valence-corrected chi connectivity index (χ3v) is 4.90. The van der Waals surface area contributed by atoms with Crippen LogP contribution in [0.4, 0.5) is 5.69 Å². The summed E-state index contributed by atoms with van der Waals surface area (Å²) >= 11 is 0. The summed E-state index contributed by atoms with van der Waals surface area (Å²) in [6.45, 7) is 1.84. The van der Waals surface area contributed by atoms with Gasteiger partial charge in [-0.05, 0) is 49.2 Å². The van der Waals surface area contributed by atoms with Gasteiger partial charge < -0.3 is 19.4 Å². The number of fused-ring (bicyclic) bond motifs is 1. The van der Waals surface area contributed by atoms with Gasteiger partial charge in [-0.25, -0.2) is 4.79 Å². The highest BCUT2D eigenvalue weighted by Crippen LogP contribution is 2.24. The van der Waals surface area contributed by atoms with E-state index in [1.165, 1.54) is 4.90 Å². The number of anilines is 1. The van der Waals surface area contributed by atoms with Gasteiger partial charge in [0.2, 0.25) is 5.91 Å². The molecule has 0 aliphatic rings. The molecule has 3 rings (SSSR count). The van der Waals surface area contributed by atoms with E-state index in [1.54, 1.807) is 57.6 Å². The Labute approximate surface area is 174 Å². The van der Waals surface area contributed by atoms with Crippen LogP contribution in [0.25, 0.3) is 11.0 Å². The van der Waals surface area contributed by atoms with Crippen LogP contribution in [0.15, 0.2) is 51.7 Å². The number of rotatable bonds is 6. The zero-order chi connectivity index (χ0) is 21.8.